The summed E-state index contributed by atoms with van der Waals surface area (Å²) < 4.78 is 5.88. The molecule has 2 saturated carbocycles. The highest BCUT2D eigenvalue weighted by Crippen LogP contribution is 2.68. The number of rotatable bonds is 5. The minimum atomic E-state index is -1.31. The van der Waals surface area contributed by atoms with Crippen molar-refractivity contribution in [2.45, 2.75) is 69.3 Å². The molecule has 0 aromatic carbocycles. The van der Waals surface area contributed by atoms with Crippen LogP contribution < -0.4 is 0 Å². The maximum absolute atomic E-state index is 9.88. The topological polar surface area (TPSA) is 29.5 Å². The van der Waals surface area contributed by atoms with Crippen LogP contribution in [0.5, 0.6) is 0 Å². The molecule has 2 aliphatic rings. The van der Waals surface area contributed by atoms with Crippen LogP contribution in [0.3, 0.4) is 0 Å². The van der Waals surface area contributed by atoms with Crippen molar-refractivity contribution < 1.29 is 9.84 Å². The minimum Gasteiger partial charge on any atom is -0.396 e. The molecule has 0 radical (unpaired) electrons. The Bertz CT molecular complexity index is 281. The Morgan fingerprint density at radius 1 is 1.22 bits per heavy atom. The van der Waals surface area contributed by atoms with Crippen molar-refractivity contribution in [2.24, 2.45) is 11.8 Å². The lowest BCUT2D eigenvalue weighted by Crippen LogP contribution is -2.38. The van der Waals surface area contributed by atoms with Gasteiger partial charge in [0.15, 0.2) is 0 Å². The zero-order valence-corrected chi connectivity index (χ0v) is 13.5. The van der Waals surface area contributed by atoms with Gasteiger partial charge >= 0.3 is 0 Å². The normalized spacial score (nSPS) is 35.5. The van der Waals surface area contributed by atoms with E-state index in [4.69, 9.17) is 4.74 Å². The molecule has 2 aliphatic carbocycles. The maximum atomic E-state index is 9.88. The summed E-state index contributed by atoms with van der Waals surface area (Å²) in [5.41, 5.74) is 0. The molecular formula is C15H30O2Si. The van der Waals surface area contributed by atoms with E-state index in [2.05, 4.69) is 19.6 Å². The van der Waals surface area contributed by atoms with Crippen molar-refractivity contribution in [1.29, 1.82) is 0 Å². The van der Waals surface area contributed by atoms with E-state index in [1.807, 2.05) is 7.11 Å². The Balaban J connectivity index is 2.06. The molecule has 2 fully saturated rings. The van der Waals surface area contributed by atoms with Crippen molar-refractivity contribution in [3.05, 3.63) is 0 Å². The largest absolute Gasteiger partial charge is 0.396 e. The van der Waals surface area contributed by atoms with E-state index in [0.717, 1.165) is 5.92 Å². The molecule has 0 bridgehead atoms. The first kappa shape index (κ1) is 14.5. The summed E-state index contributed by atoms with van der Waals surface area (Å²) >= 11 is 0. The van der Waals surface area contributed by atoms with Gasteiger partial charge in [0.2, 0.25) is 0 Å². The van der Waals surface area contributed by atoms with Crippen molar-refractivity contribution in [3.63, 3.8) is 0 Å². The van der Waals surface area contributed by atoms with E-state index < -0.39 is 8.07 Å². The fourth-order valence-electron chi connectivity index (χ4n) is 4.19. The van der Waals surface area contributed by atoms with Crippen LogP contribution in [-0.2, 0) is 4.74 Å². The second-order valence-electron chi connectivity index (χ2n) is 7.47. The number of methoxy groups -OCH3 is 1. The van der Waals surface area contributed by atoms with Crippen LogP contribution in [0.2, 0.25) is 24.7 Å². The Hall–Kier alpha value is 0.137. The lowest BCUT2D eigenvalue weighted by Gasteiger charge is -2.35. The van der Waals surface area contributed by atoms with Crippen LogP contribution >= 0.6 is 0 Å². The van der Waals surface area contributed by atoms with Crippen LogP contribution in [0.25, 0.3) is 0 Å². The van der Waals surface area contributed by atoms with Gasteiger partial charge in [-0.1, -0.05) is 38.9 Å². The Kier molecular flexibility index (Phi) is 4.25. The predicted octanol–water partition coefficient (Wildman–Crippen LogP) is 3.67. The Morgan fingerprint density at radius 2 is 1.83 bits per heavy atom. The van der Waals surface area contributed by atoms with Crippen LogP contribution in [0.15, 0.2) is 0 Å². The summed E-state index contributed by atoms with van der Waals surface area (Å²) in [5, 5.41) is 10.1. The highest BCUT2D eigenvalue weighted by Gasteiger charge is 2.64. The predicted molar refractivity (Wildman–Crippen MR) is 78.6 cm³/mol. The third-order valence-corrected chi connectivity index (χ3v) is 9.41. The lowest BCUT2D eigenvalue weighted by atomic mass is 9.83. The van der Waals surface area contributed by atoms with Gasteiger partial charge in [-0.25, -0.2) is 0 Å². The summed E-state index contributed by atoms with van der Waals surface area (Å²) in [5.74, 6) is 1.38. The van der Waals surface area contributed by atoms with Crippen LogP contribution in [0.1, 0.15) is 38.5 Å². The molecule has 0 aliphatic heterocycles. The molecule has 3 heteroatoms. The summed E-state index contributed by atoms with van der Waals surface area (Å²) in [6, 6.07) is 0. The van der Waals surface area contributed by atoms with Crippen LogP contribution in [0, 0.1) is 11.8 Å². The SMILES string of the molecule is CO[C@H](C1CCCCC1)[C@@H]1C[C@@]1(CO)[Si](C)(C)C. The number of hydrogen-bond acceptors (Lipinski definition) is 2. The van der Waals surface area contributed by atoms with E-state index in [0.29, 0.717) is 18.6 Å². The summed E-state index contributed by atoms with van der Waals surface area (Å²) in [4.78, 5) is 0. The summed E-state index contributed by atoms with van der Waals surface area (Å²) in [6.45, 7) is 7.57. The molecule has 3 atom stereocenters. The van der Waals surface area contributed by atoms with E-state index in [-0.39, 0.29) is 5.04 Å². The Labute approximate surface area is 113 Å². The standard InChI is InChI=1S/C15H30O2Si/c1-17-14(12-8-6-5-7-9-12)13-10-15(13,11-16)18(2,3)4/h12-14,16H,5-11H2,1-4H3/t13-,14+,15-/m0/s1. The molecule has 2 nitrogen and oxygen atoms in total. The van der Waals surface area contributed by atoms with Gasteiger partial charge in [0, 0.05) is 13.7 Å². The maximum Gasteiger partial charge on any atom is 0.0631 e. The number of aliphatic hydroxyl groups excluding tert-OH is 1. The van der Waals surface area contributed by atoms with Crippen molar-refractivity contribution >= 4 is 8.07 Å². The fourth-order valence-corrected chi connectivity index (χ4v) is 6.78. The highest BCUT2D eigenvalue weighted by molar-refractivity contribution is 6.80. The summed E-state index contributed by atoms with van der Waals surface area (Å²) in [7, 11) is 0.570. The highest BCUT2D eigenvalue weighted by atomic mass is 28.3. The van der Waals surface area contributed by atoms with E-state index in [1.54, 1.807) is 0 Å². The van der Waals surface area contributed by atoms with E-state index in [9.17, 15) is 5.11 Å². The first-order chi connectivity index (χ1) is 8.46. The van der Waals surface area contributed by atoms with Crippen LogP contribution in [-0.4, -0.2) is 33.0 Å². The van der Waals surface area contributed by atoms with E-state index >= 15 is 0 Å². The van der Waals surface area contributed by atoms with Gasteiger partial charge in [-0.05, 0) is 36.1 Å². The second-order valence-corrected chi connectivity index (χ2v) is 13.0. The molecule has 0 amide bonds. The lowest BCUT2D eigenvalue weighted by molar-refractivity contribution is 0.0148. The molecule has 0 saturated heterocycles. The molecule has 1 N–H and O–H groups in total. The third kappa shape index (κ3) is 2.41. The third-order valence-electron chi connectivity index (χ3n) is 5.69. The second kappa shape index (κ2) is 5.26. The van der Waals surface area contributed by atoms with Crippen molar-refractivity contribution in [3.8, 4) is 0 Å². The van der Waals surface area contributed by atoms with Gasteiger partial charge in [-0.15, -0.1) is 0 Å². The number of ether oxygens (including phenoxy) is 1. The van der Waals surface area contributed by atoms with Gasteiger partial charge in [0.1, 0.15) is 0 Å². The van der Waals surface area contributed by atoms with Gasteiger partial charge in [0.05, 0.1) is 14.2 Å². The number of hydrogen-bond donors (Lipinski definition) is 1. The number of aliphatic hydroxyl groups is 1. The molecular weight excluding hydrogens is 240 g/mol. The zero-order valence-electron chi connectivity index (χ0n) is 12.5. The van der Waals surface area contributed by atoms with Gasteiger partial charge in [-0.3, -0.25) is 0 Å². The van der Waals surface area contributed by atoms with E-state index in [1.165, 1.54) is 38.5 Å². The molecule has 106 valence electrons. The molecule has 0 spiro atoms. The molecule has 0 heterocycles. The first-order valence-corrected chi connectivity index (χ1v) is 11.1. The molecule has 0 unspecified atom stereocenters. The van der Waals surface area contributed by atoms with Gasteiger partial charge in [0.25, 0.3) is 0 Å². The smallest absolute Gasteiger partial charge is 0.0631 e. The van der Waals surface area contributed by atoms with Crippen LogP contribution in [0.4, 0.5) is 0 Å². The quantitative estimate of drug-likeness (QED) is 0.772. The summed E-state index contributed by atoms with van der Waals surface area (Å²) in [6.07, 6.45) is 8.42. The molecule has 0 aromatic heterocycles. The minimum absolute atomic E-state index is 0.241. The van der Waals surface area contributed by atoms with Gasteiger partial charge in [-0.2, -0.15) is 0 Å². The zero-order chi connectivity index (χ0) is 13.4. The molecule has 18 heavy (non-hydrogen) atoms. The Morgan fingerprint density at radius 3 is 2.22 bits per heavy atom. The monoisotopic (exact) mass is 270 g/mol. The molecule has 2 rings (SSSR count). The van der Waals surface area contributed by atoms with Crippen molar-refractivity contribution in [2.75, 3.05) is 13.7 Å². The van der Waals surface area contributed by atoms with Gasteiger partial charge < -0.3 is 9.84 Å². The average molecular weight is 270 g/mol. The van der Waals surface area contributed by atoms with Crippen molar-refractivity contribution in [1.82, 2.24) is 0 Å². The molecule has 0 aromatic rings. The first-order valence-electron chi connectivity index (χ1n) is 7.60. The fraction of sp³-hybridized carbons (Fsp3) is 1.00. The average Bonchev–Trinajstić information content (AvgIpc) is 3.07.